The van der Waals surface area contributed by atoms with Crippen molar-refractivity contribution in [1.29, 1.82) is 0 Å². The summed E-state index contributed by atoms with van der Waals surface area (Å²) < 4.78 is 2.19. The Hall–Kier alpha value is -3.62. The van der Waals surface area contributed by atoms with Gasteiger partial charge in [0.2, 0.25) is 5.28 Å². The van der Waals surface area contributed by atoms with Crippen molar-refractivity contribution >= 4 is 45.1 Å². The highest BCUT2D eigenvalue weighted by atomic mass is 79.9. The van der Waals surface area contributed by atoms with Crippen LogP contribution in [0.1, 0.15) is 42.5 Å². The molecule has 0 saturated heterocycles. The van der Waals surface area contributed by atoms with Crippen LogP contribution in [-0.2, 0) is 6.54 Å². The van der Waals surface area contributed by atoms with Crippen molar-refractivity contribution in [3.05, 3.63) is 111 Å². The van der Waals surface area contributed by atoms with Gasteiger partial charge >= 0.3 is 0 Å². The first-order chi connectivity index (χ1) is 16.0. The van der Waals surface area contributed by atoms with Crippen LogP contribution in [0.5, 0.6) is 0 Å². The van der Waals surface area contributed by atoms with Crippen molar-refractivity contribution in [2.45, 2.75) is 6.54 Å². The average Bonchev–Trinajstić information content (AvgIpc) is 3.32. The van der Waals surface area contributed by atoms with E-state index in [1.54, 1.807) is 66.7 Å². The molecule has 5 rings (SSSR count). The lowest BCUT2D eigenvalue weighted by molar-refractivity contribution is 0.0637. The molecule has 3 aromatic carbocycles. The number of fused-ring (bicyclic) bond motifs is 1. The van der Waals surface area contributed by atoms with Crippen molar-refractivity contribution < 1.29 is 14.4 Å². The van der Waals surface area contributed by atoms with Crippen LogP contribution in [0.2, 0.25) is 5.28 Å². The van der Waals surface area contributed by atoms with Crippen molar-refractivity contribution in [3.8, 4) is 5.69 Å². The molecule has 0 N–H and O–H groups in total. The molecular weight excluding hydrogens is 508 g/mol. The van der Waals surface area contributed by atoms with Gasteiger partial charge in [-0.25, -0.2) is 0 Å². The van der Waals surface area contributed by atoms with E-state index in [-0.39, 0.29) is 23.4 Å². The summed E-state index contributed by atoms with van der Waals surface area (Å²) >= 11 is 9.78. The minimum atomic E-state index is -0.419. The Kier molecular flexibility index (Phi) is 5.39. The third-order valence-electron chi connectivity index (χ3n) is 5.35. The average molecular weight is 522 g/mol. The molecule has 4 aromatic rings. The Morgan fingerprint density at radius 2 is 1.52 bits per heavy atom. The summed E-state index contributed by atoms with van der Waals surface area (Å²) in [5.74, 6) is -0.808. The highest BCUT2D eigenvalue weighted by Gasteiger charge is 2.36. The molecule has 2 amide bonds. The second-order valence-electron chi connectivity index (χ2n) is 7.32. The number of benzene rings is 3. The van der Waals surface area contributed by atoms with Crippen molar-refractivity contribution in [1.82, 2.24) is 19.7 Å². The SMILES string of the molecule is O=C(c1ccccc1)c1cc(Br)ccc1-n1c(Cl)nnc1CN1C(=O)c2ccccc2C1=O. The number of imide groups is 1. The van der Waals surface area contributed by atoms with E-state index in [2.05, 4.69) is 26.1 Å². The van der Waals surface area contributed by atoms with E-state index < -0.39 is 11.8 Å². The predicted octanol–water partition coefficient (Wildman–Crippen LogP) is 4.71. The summed E-state index contributed by atoms with van der Waals surface area (Å²) in [6.45, 7) is -0.152. The van der Waals surface area contributed by atoms with Gasteiger partial charge in [-0.3, -0.25) is 23.9 Å². The van der Waals surface area contributed by atoms with E-state index in [1.165, 1.54) is 4.57 Å². The van der Waals surface area contributed by atoms with Gasteiger partial charge in [0.25, 0.3) is 11.8 Å². The zero-order valence-electron chi connectivity index (χ0n) is 16.9. The van der Waals surface area contributed by atoms with Crippen LogP contribution >= 0.6 is 27.5 Å². The number of carbonyl (C=O) groups is 3. The third-order valence-corrected chi connectivity index (χ3v) is 6.09. The Bertz CT molecular complexity index is 1400. The maximum Gasteiger partial charge on any atom is 0.261 e. The van der Waals surface area contributed by atoms with Gasteiger partial charge in [0.15, 0.2) is 11.6 Å². The molecule has 1 aromatic heterocycles. The number of rotatable bonds is 5. The monoisotopic (exact) mass is 520 g/mol. The van der Waals surface area contributed by atoms with E-state index >= 15 is 0 Å². The molecular formula is C24H14BrClN4O3. The Morgan fingerprint density at radius 3 is 2.18 bits per heavy atom. The van der Waals surface area contributed by atoms with E-state index in [0.717, 1.165) is 4.90 Å². The van der Waals surface area contributed by atoms with Gasteiger partial charge in [-0.15, -0.1) is 10.2 Å². The molecule has 7 nitrogen and oxygen atoms in total. The molecule has 162 valence electrons. The van der Waals surface area contributed by atoms with Crippen LogP contribution < -0.4 is 0 Å². The van der Waals surface area contributed by atoms with Gasteiger partial charge in [0.05, 0.1) is 23.4 Å². The molecule has 2 heterocycles. The molecule has 0 unspecified atom stereocenters. The second-order valence-corrected chi connectivity index (χ2v) is 8.57. The fraction of sp³-hybridized carbons (Fsp3) is 0.0417. The first-order valence-electron chi connectivity index (χ1n) is 9.90. The van der Waals surface area contributed by atoms with E-state index in [0.29, 0.717) is 32.4 Å². The minimum absolute atomic E-state index is 0.00560. The quantitative estimate of drug-likeness (QED) is 0.280. The molecule has 0 atom stereocenters. The Morgan fingerprint density at radius 1 is 0.879 bits per heavy atom. The van der Waals surface area contributed by atoms with Crippen LogP contribution in [0.15, 0.2) is 77.3 Å². The normalized spacial score (nSPS) is 12.8. The van der Waals surface area contributed by atoms with Crippen LogP contribution in [0.4, 0.5) is 0 Å². The van der Waals surface area contributed by atoms with Gasteiger partial charge in [-0.2, -0.15) is 0 Å². The van der Waals surface area contributed by atoms with Crippen LogP contribution in [-0.4, -0.2) is 37.3 Å². The van der Waals surface area contributed by atoms with Crippen LogP contribution in [0, 0.1) is 0 Å². The number of hydrogen-bond donors (Lipinski definition) is 0. The second kappa shape index (κ2) is 8.38. The highest BCUT2D eigenvalue weighted by molar-refractivity contribution is 9.10. The molecule has 9 heteroatoms. The summed E-state index contributed by atoms with van der Waals surface area (Å²) in [5, 5.41) is 8.04. The standard InChI is InChI=1S/C24H14BrClN4O3/c25-15-10-11-19(18(12-15)21(31)14-6-2-1-3-7-14)30-20(27-28-24(30)26)13-29-22(32)16-8-4-5-9-17(16)23(29)33/h1-12H,13H2. The lowest BCUT2D eigenvalue weighted by atomic mass is 10.0. The zero-order valence-corrected chi connectivity index (χ0v) is 19.2. The summed E-state index contributed by atoms with van der Waals surface area (Å²) in [4.78, 5) is 40.0. The number of halogens is 2. The number of amides is 2. The lowest BCUT2D eigenvalue weighted by Gasteiger charge is -2.16. The zero-order chi connectivity index (χ0) is 23.1. The smallest absolute Gasteiger partial charge is 0.261 e. The molecule has 0 saturated carbocycles. The molecule has 0 bridgehead atoms. The summed E-state index contributed by atoms with van der Waals surface area (Å²) in [6.07, 6.45) is 0. The maximum absolute atomic E-state index is 13.3. The molecule has 0 fully saturated rings. The number of hydrogen-bond acceptors (Lipinski definition) is 5. The fourth-order valence-corrected chi connectivity index (χ4v) is 4.38. The molecule has 0 radical (unpaired) electrons. The molecule has 1 aliphatic rings. The van der Waals surface area contributed by atoms with Crippen LogP contribution in [0.3, 0.4) is 0 Å². The first kappa shape index (κ1) is 21.2. The van der Waals surface area contributed by atoms with Gasteiger partial charge in [-0.1, -0.05) is 58.4 Å². The summed E-state index contributed by atoms with van der Waals surface area (Å²) in [6, 6.07) is 20.6. The largest absolute Gasteiger partial charge is 0.289 e. The van der Waals surface area contributed by atoms with E-state index in [9.17, 15) is 14.4 Å². The molecule has 33 heavy (non-hydrogen) atoms. The minimum Gasteiger partial charge on any atom is -0.289 e. The van der Waals surface area contributed by atoms with Crippen LogP contribution in [0.25, 0.3) is 5.69 Å². The predicted molar refractivity (Wildman–Crippen MR) is 125 cm³/mol. The number of carbonyl (C=O) groups excluding carboxylic acids is 3. The van der Waals surface area contributed by atoms with Gasteiger partial charge < -0.3 is 0 Å². The number of ketones is 1. The number of aromatic nitrogens is 3. The Balaban J connectivity index is 1.57. The topological polar surface area (TPSA) is 85.2 Å². The van der Waals surface area contributed by atoms with Crippen molar-refractivity contribution in [3.63, 3.8) is 0 Å². The van der Waals surface area contributed by atoms with Crippen molar-refractivity contribution in [2.75, 3.05) is 0 Å². The molecule has 0 aliphatic carbocycles. The van der Waals surface area contributed by atoms with Gasteiger partial charge in [-0.05, 0) is 41.9 Å². The lowest BCUT2D eigenvalue weighted by Crippen LogP contribution is -2.30. The summed E-state index contributed by atoms with van der Waals surface area (Å²) in [7, 11) is 0. The summed E-state index contributed by atoms with van der Waals surface area (Å²) in [5.41, 5.74) is 1.98. The van der Waals surface area contributed by atoms with Crippen molar-refractivity contribution in [2.24, 2.45) is 0 Å². The fourth-order valence-electron chi connectivity index (χ4n) is 3.79. The Labute approximate surface area is 201 Å². The highest BCUT2D eigenvalue weighted by Crippen LogP contribution is 2.29. The van der Waals surface area contributed by atoms with E-state index in [4.69, 9.17) is 11.6 Å². The molecule has 1 aliphatic heterocycles. The first-order valence-corrected chi connectivity index (χ1v) is 11.1. The third kappa shape index (κ3) is 3.67. The maximum atomic E-state index is 13.3. The molecule has 0 spiro atoms. The van der Waals surface area contributed by atoms with Gasteiger partial charge in [0.1, 0.15) is 0 Å². The van der Waals surface area contributed by atoms with E-state index in [1.807, 2.05) is 6.07 Å². The van der Waals surface area contributed by atoms with Gasteiger partial charge in [0, 0.05) is 15.6 Å². The number of nitrogens with zero attached hydrogens (tertiary/aromatic N) is 4.